The number of carbonyl (C=O) groups excluding carboxylic acids is 4. The summed E-state index contributed by atoms with van der Waals surface area (Å²) in [5.74, 6) is -3.87. The van der Waals surface area contributed by atoms with E-state index in [1.54, 1.807) is 71.8 Å². The van der Waals surface area contributed by atoms with Crippen LogP contribution in [-0.2, 0) is 9.59 Å². The summed E-state index contributed by atoms with van der Waals surface area (Å²) in [4.78, 5) is 57.3. The molecule has 0 N–H and O–H groups in total. The third kappa shape index (κ3) is 3.83. The van der Waals surface area contributed by atoms with E-state index in [9.17, 15) is 23.6 Å². The Bertz CT molecular complexity index is 1530. The molecule has 3 aliphatic rings. The molecule has 6 nitrogen and oxygen atoms in total. The van der Waals surface area contributed by atoms with Gasteiger partial charge in [-0.25, -0.2) is 9.29 Å². The SMILES string of the molecule is O=C(C1=C[C@@H]2[C@H]3C(=O)N(c4ccc(F)cc4)C(=O)[C@@H]3[C@H](C(=O)c3ccc(Br)cc3)N2C=C1)c1ccccc1. The first-order valence-corrected chi connectivity index (χ1v) is 12.8. The predicted molar refractivity (Wildman–Crippen MR) is 142 cm³/mol. The highest BCUT2D eigenvalue weighted by Crippen LogP contribution is 2.47. The van der Waals surface area contributed by atoms with Crippen LogP contribution in [0, 0.1) is 17.7 Å². The predicted octanol–water partition coefficient (Wildman–Crippen LogP) is 4.97. The Balaban J connectivity index is 1.43. The van der Waals surface area contributed by atoms with E-state index in [0.29, 0.717) is 16.7 Å². The summed E-state index contributed by atoms with van der Waals surface area (Å²) in [6.07, 6.45) is 4.95. The quantitative estimate of drug-likeness (QED) is 0.320. The monoisotopic (exact) mass is 570 g/mol. The number of nitrogens with zero attached hydrogens (tertiary/aromatic N) is 2. The van der Waals surface area contributed by atoms with Crippen molar-refractivity contribution in [3.05, 3.63) is 124 Å². The minimum Gasteiger partial charge on any atom is -0.359 e. The number of fused-ring (bicyclic) bond motifs is 3. The molecule has 3 aromatic rings. The van der Waals surface area contributed by atoms with E-state index in [2.05, 4.69) is 15.9 Å². The average Bonchev–Trinajstić information content (AvgIpc) is 3.41. The molecule has 0 unspecified atom stereocenters. The third-order valence-corrected chi connectivity index (χ3v) is 7.86. The summed E-state index contributed by atoms with van der Waals surface area (Å²) in [5.41, 5.74) is 1.53. The van der Waals surface area contributed by atoms with Crippen molar-refractivity contribution in [1.29, 1.82) is 0 Å². The van der Waals surface area contributed by atoms with E-state index >= 15 is 0 Å². The van der Waals surface area contributed by atoms with Crippen LogP contribution in [0.2, 0.25) is 0 Å². The van der Waals surface area contributed by atoms with Gasteiger partial charge in [0.25, 0.3) is 0 Å². The number of hydrogen-bond donors (Lipinski definition) is 0. The van der Waals surface area contributed by atoms with Gasteiger partial charge >= 0.3 is 0 Å². The molecule has 0 saturated carbocycles. The van der Waals surface area contributed by atoms with Gasteiger partial charge in [0.1, 0.15) is 11.9 Å². The lowest BCUT2D eigenvalue weighted by molar-refractivity contribution is -0.123. The highest BCUT2D eigenvalue weighted by molar-refractivity contribution is 9.10. The molecule has 38 heavy (non-hydrogen) atoms. The maximum absolute atomic E-state index is 13.8. The average molecular weight is 571 g/mol. The van der Waals surface area contributed by atoms with Crippen molar-refractivity contribution in [2.24, 2.45) is 11.8 Å². The third-order valence-electron chi connectivity index (χ3n) is 7.33. The lowest BCUT2D eigenvalue weighted by Crippen LogP contribution is -2.46. The van der Waals surface area contributed by atoms with Crippen molar-refractivity contribution in [2.45, 2.75) is 12.1 Å². The molecule has 3 aromatic carbocycles. The van der Waals surface area contributed by atoms with E-state index in [1.165, 1.54) is 24.3 Å². The van der Waals surface area contributed by atoms with Crippen LogP contribution < -0.4 is 4.90 Å². The number of amides is 2. The van der Waals surface area contributed by atoms with Gasteiger partial charge in [0.05, 0.1) is 23.6 Å². The molecule has 0 aliphatic carbocycles. The summed E-state index contributed by atoms with van der Waals surface area (Å²) >= 11 is 3.37. The zero-order valence-corrected chi connectivity index (χ0v) is 21.4. The summed E-state index contributed by atoms with van der Waals surface area (Å²) < 4.78 is 14.4. The van der Waals surface area contributed by atoms with Crippen molar-refractivity contribution in [2.75, 3.05) is 4.90 Å². The lowest BCUT2D eigenvalue weighted by Gasteiger charge is -2.32. The normalized spacial score (nSPS) is 23.8. The number of imide groups is 1. The van der Waals surface area contributed by atoms with Gasteiger partial charge in [0.2, 0.25) is 11.8 Å². The number of Topliss-reactive ketones (excluding diaryl/α,β-unsaturated/α-hetero) is 2. The first-order valence-electron chi connectivity index (χ1n) is 12.1. The molecule has 3 aliphatic heterocycles. The molecule has 0 bridgehead atoms. The fourth-order valence-corrected chi connectivity index (χ4v) is 5.85. The second-order valence-corrected chi connectivity index (χ2v) is 10.3. The van der Waals surface area contributed by atoms with Crippen LogP contribution in [0.3, 0.4) is 0 Å². The largest absolute Gasteiger partial charge is 0.359 e. The van der Waals surface area contributed by atoms with Crippen LogP contribution in [-0.4, -0.2) is 40.4 Å². The molecular weight excluding hydrogens is 551 g/mol. The van der Waals surface area contributed by atoms with Crippen LogP contribution in [0.1, 0.15) is 20.7 Å². The molecule has 3 heterocycles. The summed E-state index contributed by atoms with van der Waals surface area (Å²) in [5, 5.41) is 0. The fourth-order valence-electron chi connectivity index (χ4n) is 5.58. The van der Waals surface area contributed by atoms with Crippen LogP contribution in [0.15, 0.2) is 107 Å². The van der Waals surface area contributed by atoms with Crippen LogP contribution >= 0.6 is 15.9 Å². The molecular formula is C30H20BrFN2O4. The van der Waals surface area contributed by atoms with Crippen molar-refractivity contribution in [3.8, 4) is 0 Å². The number of anilines is 1. The Kier molecular flexibility index (Phi) is 5.91. The summed E-state index contributed by atoms with van der Waals surface area (Å²) in [6, 6.07) is 19.1. The van der Waals surface area contributed by atoms with Gasteiger partial charge in [-0.3, -0.25) is 19.2 Å². The van der Waals surface area contributed by atoms with Crippen LogP contribution in [0.4, 0.5) is 10.1 Å². The van der Waals surface area contributed by atoms with E-state index in [0.717, 1.165) is 9.37 Å². The second kappa shape index (κ2) is 9.29. The molecule has 2 saturated heterocycles. The van der Waals surface area contributed by atoms with E-state index in [-0.39, 0.29) is 17.3 Å². The first kappa shape index (κ1) is 24.2. The van der Waals surface area contributed by atoms with Crippen molar-refractivity contribution < 1.29 is 23.6 Å². The Morgan fingerprint density at radius 2 is 1.45 bits per heavy atom. The molecule has 0 aromatic heterocycles. The minimum absolute atomic E-state index is 0.215. The lowest BCUT2D eigenvalue weighted by atomic mass is 9.85. The number of allylic oxidation sites excluding steroid dienone is 2. The zero-order valence-electron chi connectivity index (χ0n) is 19.8. The highest BCUT2D eigenvalue weighted by atomic mass is 79.9. The van der Waals surface area contributed by atoms with Crippen molar-refractivity contribution in [1.82, 2.24) is 4.90 Å². The Morgan fingerprint density at radius 3 is 2.13 bits per heavy atom. The molecule has 2 amide bonds. The van der Waals surface area contributed by atoms with Gasteiger partial charge in [-0.2, -0.15) is 0 Å². The summed E-state index contributed by atoms with van der Waals surface area (Å²) in [6.45, 7) is 0. The number of rotatable bonds is 5. The molecule has 2 fully saturated rings. The smallest absolute Gasteiger partial charge is 0.240 e. The van der Waals surface area contributed by atoms with Crippen LogP contribution in [0.5, 0.6) is 0 Å². The molecule has 8 heteroatoms. The molecule has 4 atom stereocenters. The molecule has 0 spiro atoms. The highest BCUT2D eigenvalue weighted by Gasteiger charge is 2.63. The van der Waals surface area contributed by atoms with E-state index in [4.69, 9.17) is 0 Å². The maximum Gasteiger partial charge on any atom is 0.240 e. The topological polar surface area (TPSA) is 74.8 Å². The number of benzene rings is 3. The van der Waals surface area contributed by atoms with Crippen LogP contribution in [0.25, 0.3) is 0 Å². The Labute approximate surface area is 226 Å². The number of hydrogen-bond acceptors (Lipinski definition) is 5. The Hall–Kier alpha value is -4.17. The molecule has 6 rings (SSSR count). The first-order chi connectivity index (χ1) is 18.3. The van der Waals surface area contributed by atoms with Gasteiger partial charge in [-0.05, 0) is 42.5 Å². The zero-order chi connectivity index (χ0) is 26.6. The van der Waals surface area contributed by atoms with E-state index in [1.807, 2.05) is 6.07 Å². The standard InChI is InChI=1S/C30H20BrFN2O4/c31-20-8-6-18(7-9-20)28(36)26-25-24(29(37)34(30(25)38)22-12-10-21(32)11-13-22)23-16-19(14-15-33(23)26)27(35)17-4-2-1-3-5-17/h1-16,23-26H/t23-,24-,25+,26-/m1/s1. The maximum atomic E-state index is 13.8. The number of carbonyl (C=O) groups is 4. The summed E-state index contributed by atoms with van der Waals surface area (Å²) in [7, 11) is 0. The van der Waals surface area contributed by atoms with Crippen molar-refractivity contribution >= 4 is 45.0 Å². The minimum atomic E-state index is -0.972. The number of halogens is 2. The van der Waals surface area contributed by atoms with E-state index < -0.39 is 41.6 Å². The molecule has 0 radical (unpaired) electrons. The number of ketones is 2. The van der Waals surface area contributed by atoms with Gasteiger partial charge in [0.15, 0.2) is 11.6 Å². The van der Waals surface area contributed by atoms with Gasteiger partial charge in [0, 0.05) is 27.4 Å². The van der Waals surface area contributed by atoms with Gasteiger partial charge < -0.3 is 4.90 Å². The Morgan fingerprint density at radius 1 is 0.789 bits per heavy atom. The van der Waals surface area contributed by atoms with Gasteiger partial charge in [-0.1, -0.05) is 64.5 Å². The van der Waals surface area contributed by atoms with Gasteiger partial charge in [-0.15, -0.1) is 0 Å². The fraction of sp³-hybridized carbons (Fsp3) is 0.133. The second-order valence-electron chi connectivity index (χ2n) is 9.43. The molecule has 188 valence electrons. The van der Waals surface area contributed by atoms with Crippen molar-refractivity contribution in [3.63, 3.8) is 0 Å².